The zero-order valence-electron chi connectivity index (χ0n) is 15.2. The maximum absolute atomic E-state index is 12.3. The molecule has 0 spiro atoms. The Morgan fingerprint density at radius 2 is 1.68 bits per heavy atom. The Balaban J connectivity index is 2.08. The first-order valence-corrected chi connectivity index (χ1v) is 8.01. The molecule has 1 saturated heterocycles. The largest absolute Gasteiger partial charge is 0.493 e. The van der Waals surface area contributed by atoms with Gasteiger partial charge in [0.15, 0.2) is 18.2 Å². The quantitative estimate of drug-likeness (QED) is 0.548. The van der Waals surface area contributed by atoms with Gasteiger partial charge in [-0.15, -0.1) is 0 Å². The topological polar surface area (TPSA) is 80.6 Å². The minimum atomic E-state index is -0.773. The van der Waals surface area contributed by atoms with Gasteiger partial charge in [-0.1, -0.05) is 0 Å². The van der Waals surface area contributed by atoms with E-state index < -0.39 is 17.8 Å². The lowest BCUT2D eigenvalue weighted by Gasteiger charge is -2.21. The van der Waals surface area contributed by atoms with Crippen molar-refractivity contribution in [1.82, 2.24) is 9.80 Å². The van der Waals surface area contributed by atoms with Gasteiger partial charge in [0.2, 0.25) is 0 Å². The molecule has 136 valence electrons. The molecule has 0 radical (unpaired) electrons. The van der Waals surface area contributed by atoms with Gasteiger partial charge in [0.25, 0.3) is 0 Å². The Kier molecular flexibility index (Phi) is 5.63. The lowest BCUT2D eigenvalue weighted by molar-refractivity contribution is -0.901. The second kappa shape index (κ2) is 7.52. The highest BCUT2D eigenvalue weighted by atomic mass is 16.5. The molecule has 8 heteroatoms. The summed E-state index contributed by atoms with van der Waals surface area (Å²) < 4.78 is 10.5. The molecule has 0 aliphatic carbocycles. The number of ether oxygens (including phenoxy) is 2. The van der Waals surface area contributed by atoms with E-state index in [0.717, 1.165) is 20.3 Å². The standard InChI is InChI=1S/C17H23N3O5/c1-11(2)20-16(22)15(21)19(17(20)23)10-18(3)9-12-6-7-13(24-4)14(8-12)25-5/h6-8,11H,9-10H2,1-5H3/p+1. The Morgan fingerprint density at radius 3 is 2.20 bits per heavy atom. The summed E-state index contributed by atoms with van der Waals surface area (Å²) in [6.45, 7) is 4.06. The van der Waals surface area contributed by atoms with E-state index >= 15 is 0 Å². The average molecular weight is 350 g/mol. The van der Waals surface area contributed by atoms with Gasteiger partial charge in [-0.05, 0) is 32.0 Å². The lowest BCUT2D eigenvalue weighted by Crippen LogP contribution is -3.09. The smallest absolute Gasteiger partial charge is 0.338 e. The summed E-state index contributed by atoms with van der Waals surface area (Å²) in [6, 6.07) is 4.64. The molecular weight excluding hydrogens is 326 g/mol. The number of nitrogens with zero attached hydrogens (tertiary/aromatic N) is 2. The molecule has 1 aliphatic heterocycles. The van der Waals surface area contributed by atoms with Crippen molar-refractivity contribution in [2.75, 3.05) is 27.9 Å². The molecule has 25 heavy (non-hydrogen) atoms. The predicted octanol–water partition coefficient (Wildman–Crippen LogP) is -0.125. The summed E-state index contributed by atoms with van der Waals surface area (Å²) in [5.41, 5.74) is 0.960. The first-order chi connectivity index (χ1) is 11.8. The maximum atomic E-state index is 12.3. The minimum absolute atomic E-state index is 0.112. The van der Waals surface area contributed by atoms with Crippen molar-refractivity contribution < 1.29 is 28.8 Å². The molecule has 8 nitrogen and oxygen atoms in total. The van der Waals surface area contributed by atoms with Crippen LogP contribution in [0.3, 0.4) is 0 Å². The zero-order chi connectivity index (χ0) is 18.7. The molecule has 4 amide bonds. The van der Waals surface area contributed by atoms with Gasteiger partial charge in [-0.25, -0.2) is 9.69 Å². The van der Waals surface area contributed by atoms with Crippen LogP contribution in [-0.4, -0.2) is 61.6 Å². The van der Waals surface area contributed by atoms with Crippen molar-refractivity contribution in [3.63, 3.8) is 0 Å². The molecule has 1 aromatic rings. The average Bonchev–Trinajstić information content (AvgIpc) is 2.78. The van der Waals surface area contributed by atoms with Crippen LogP contribution in [0.2, 0.25) is 0 Å². The van der Waals surface area contributed by atoms with Crippen LogP contribution in [0.5, 0.6) is 11.5 Å². The molecule has 1 N–H and O–H groups in total. The Labute approximate surface area is 146 Å². The van der Waals surface area contributed by atoms with E-state index in [4.69, 9.17) is 9.47 Å². The van der Waals surface area contributed by atoms with Gasteiger partial charge in [0.1, 0.15) is 6.54 Å². The van der Waals surface area contributed by atoms with Crippen LogP contribution >= 0.6 is 0 Å². The zero-order valence-corrected chi connectivity index (χ0v) is 15.2. The van der Waals surface area contributed by atoms with E-state index in [1.807, 2.05) is 19.2 Å². The van der Waals surface area contributed by atoms with Gasteiger partial charge >= 0.3 is 17.8 Å². The summed E-state index contributed by atoms with van der Waals surface area (Å²) in [7, 11) is 4.97. The normalized spacial score (nSPS) is 16.0. The summed E-state index contributed by atoms with van der Waals surface area (Å²) in [6.07, 6.45) is 0. The third-order valence-corrected chi connectivity index (χ3v) is 3.98. The number of nitrogens with one attached hydrogen (secondary N) is 1. The van der Waals surface area contributed by atoms with Crippen LogP contribution in [-0.2, 0) is 16.1 Å². The molecule has 1 fully saturated rings. The summed E-state index contributed by atoms with van der Waals surface area (Å²) in [5.74, 6) is -0.293. The number of amides is 4. The molecule has 1 aromatic carbocycles. The van der Waals surface area contributed by atoms with Crippen LogP contribution in [0.1, 0.15) is 19.4 Å². The number of quaternary nitrogens is 1. The number of urea groups is 1. The van der Waals surface area contributed by atoms with E-state index in [1.54, 1.807) is 34.1 Å². The number of methoxy groups -OCH3 is 2. The van der Waals surface area contributed by atoms with E-state index in [2.05, 4.69) is 0 Å². The monoisotopic (exact) mass is 350 g/mol. The molecular formula is C17H24N3O5+. The van der Waals surface area contributed by atoms with Gasteiger partial charge < -0.3 is 14.4 Å². The summed E-state index contributed by atoms with van der Waals surface area (Å²) >= 11 is 0. The highest BCUT2D eigenvalue weighted by molar-refractivity contribution is 6.44. The van der Waals surface area contributed by atoms with Crippen molar-refractivity contribution in [2.45, 2.75) is 26.4 Å². The predicted molar refractivity (Wildman–Crippen MR) is 89.2 cm³/mol. The number of hydrogen-bond acceptors (Lipinski definition) is 5. The van der Waals surface area contributed by atoms with Crippen molar-refractivity contribution in [3.05, 3.63) is 23.8 Å². The van der Waals surface area contributed by atoms with Crippen LogP contribution in [0.15, 0.2) is 18.2 Å². The maximum Gasteiger partial charge on any atom is 0.338 e. The van der Waals surface area contributed by atoms with E-state index in [9.17, 15) is 14.4 Å². The summed E-state index contributed by atoms with van der Waals surface area (Å²) in [5, 5.41) is 0. The molecule has 2 rings (SSSR count). The van der Waals surface area contributed by atoms with E-state index in [1.165, 1.54) is 0 Å². The number of hydrogen-bond donors (Lipinski definition) is 1. The number of rotatable bonds is 7. The fourth-order valence-corrected chi connectivity index (χ4v) is 2.78. The number of carbonyl (C=O) groups is 3. The lowest BCUT2D eigenvalue weighted by atomic mass is 10.2. The Morgan fingerprint density at radius 1 is 1.04 bits per heavy atom. The Hall–Kier alpha value is -2.61. The highest BCUT2D eigenvalue weighted by Gasteiger charge is 2.46. The first kappa shape index (κ1) is 18.7. The van der Waals surface area contributed by atoms with Crippen LogP contribution in [0.25, 0.3) is 0 Å². The molecule has 1 aliphatic rings. The number of benzene rings is 1. The molecule has 0 saturated carbocycles. The second-order valence-electron chi connectivity index (χ2n) is 6.27. The van der Waals surface area contributed by atoms with Crippen molar-refractivity contribution >= 4 is 17.8 Å². The molecule has 1 unspecified atom stereocenters. The van der Waals surface area contributed by atoms with E-state index in [-0.39, 0.29) is 12.7 Å². The molecule has 0 aromatic heterocycles. The summed E-state index contributed by atoms with van der Waals surface area (Å²) in [4.78, 5) is 39.2. The fourth-order valence-electron chi connectivity index (χ4n) is 2.78. The first-order valence-electron chi connectivity index (χ1n) is 8.01. The Bertz CT molecular complexity index is 689. The number of carbonyl (C=O) groups excluding carboxylic acids is 3. The van der Waals surface area contributed by atoms with Crippen molar-refractivity contribution in [1.29, 1.82) is 0 Å². The van der Waals surface area contributed by atoms with Gasteiger partial charge in [0.05, 0.1) is 21.3 Å². The van der Waals surface area contributed by atoms with Crippen molar-refractivity contribution in [2.24, 2.45) is 0 Å². The highest BCUT2D eigenvalue weighted by Crippen LogP contribution is 2.27. The van der Waals surface area contributed by atoms with Crippen LogP contribution < -0.4 is 14.4 Å². The SMILES string of the molecule is COc1ccc(C[NH+](C)CN2C(=O)C(=O)N(C(C)C)C2=O)cc1OC. The molecule has 0 bridgehead atoms. The molecule has 1 atom stereocenters. The van der Waals surface area contributed by atoms with Crippen molar-refractivity contribution in [3.8, 4) is 11.5 Å². The third kappa shape index (κ3) is 3.74. The van der Waals surface area contributed by atoms with Gasteiger partial charge in [-0.2, -0.15) is 0 Å². The van der Waals surface area contributed by atoms with Crippen LogP contribution in [0, 0.1) is 0 Å². The fraction of sp³-hybridized carbons (Fsp3) is 0.471. The third-order valence-electron chi connectivity index (χ3n) is 3.98. The molecule has 1 heterocycles. The second-order valence-corrected chi connectivity index (χ2v) is 6.27. The van der Waals surface area contributed by atoms with E-state index in [0.29, 0.717) is 18.0 Å². The van der Waals surface area contributed by atoms with Gasteiger partial charge in [0, 0.05) is 11.6 Å². The van der Waals surface area contributed by atoms with Gasteiger partial charge in [-0.3, -0.25) is 14.5 Å². The minimum Gasteiger partial charge on any atom is -0.493 e. The number of imide groups is 2. The van der Waals surface area contributed by atoms with Crippen LogP contribution in [0.4, 0.5) is 4.79 Å².